The van der Waals surface area contributed by atoms with Gasteiger partial charge in [0.25, 0.3) is 5.91 Å². The molecule has 23 heavy (non-hydrogen) atoms. The van der Waals surface area contributed by atoms with Crippen LogP contribution in [0.1, 0.15) is 30.6 Å². The largest absolute Gasteiger partial charge is 0.459 e. The zero-order valence-corrected chi connectivity index (χ0v) is 14.7. The molecule has 6 heteroatoms. The fourth-order valence-corrected chi connectivity index (χ4v) is 3.66. The van der Waals surface area contributed by atoms with Gasteiger partial charge in [-0.3, -0.25) is 4.79 Å². The summed E-state index contributed by atoms with van der Waals surface area (Å²) in [7, 11) is 3.42. The fraction of sp³-hybridized carbons (Fsp3) is 0.588. The molecule has 0 fully saturated rings. The first-order valence-electron chi connectivity index (χ1n) is 7.94. The molecule has 5 nitrogen and oxygen atoms in total. The lowest BCUT2D eigenvalue weighted by molar-refractivity contribution is -0.169. The average molecular weight is 339 g/mol. The lowest BCUT2D eigenvalue weighted by Crippen LogP contribution is -2.38. The number of allylic oxidation sites excluding steroid dienone is 1. The summed E-state index contributed by atoms with van der Waals surface area (Å²) >= 11 is 1.67. The molecule has 0 spiro atoms. The third-order valence-electron chi connectivity index (χ3n) is 3.90. The molecule has 2 heterocycles. The van der Waals surface area contributed by atoms with Crippen LogP contribution in [0.3, 0.4) is 0 Å². The number of ether oxygens (including phenoxy) is 2. The summed E-state index contributed by atoms with van der Waals surface area (Å²) < 4.78 is 11.6. The highest BCUT2D eigenvalue weighted by atomic mass is 32.1. The highest BCUT2D eigenvalue weighted by Gasteiger charge is 2.38. The molecule has 0 unspecified atom stereocenters. The number of likely N-dealkylation sites (N-methyl/N-ethyl adjacent to an activating group) is 1. The SMILES string of the molecule is CCO[C@H]1OC(C(=O)N(C)C)=C[C@@H](c2cccs2)[C@@H]1CCCO. The Balaban J connectivity index is 2.35. The summed E-state index contributed by atoms with van der Waals surface area (Å²) in [6.45, 7) is 2.57. The van der Waals surface area contributed by atoms with E-state index >= 15 is 0 Å². The second-order valence-electron chi connectivity index (χ2n) is 5.74. The molecule has 2 rings (SSSR count). The van der Waals surface area contributed by atoms with Gasteiger partial charge in [0.05, 0.1) is 0 Å². The second-order valence-corrected chi connectivity index (χ2v) is 6.72. The molecule has 0 aromatic carbocycles. The van der Waals surface area contributed by atoms with Gasteiger partial charge in [0.15, 0.2) is 5.76 Å². The monoisotopic (exact) mass is 339 g/mol. The predicted octanol–water partition coefficient (Wildman–Crippen LogP) is 2.59. The highest BCUT2D eigenvalue weighted by Crippen LogP contribution is 2.41. The molecule has 0 saturated carbocycles. The molecule has 1 amide bonds. The van der Waals surface area contributed by atoms with E-state index in [2.05, 4.69) is 6.07 Å². The van der Waals surface area contributed by atoms with E-state index < -0.39 is 6.29 Å². The molecular formula is C17H25NO4S. The first-order valence-corrected chi connectivity index (χ1v) is 8.82. The Kier molecular flexibility index (Phi) is 6.62. The van der Waals surface area contributed by atoms with Crippen molar-refractivity contribution in [2.45, 2.75) is 32.0 Å². The molecule has 1 aromatic rings. The summed E-state index contributed by atoms with van der Waals surface area (Å²) in [5.74, 6) is 0.328. The number of carbonyl (C=O) groups is 1. The number of amides is 1. The summed E-state index contributed by atoms with van der Waals surface area (Å²) in [5, 5.41) is 11.2. The van der Waals surface area contributed by atoms with E-state index in [0.717, 1.165) is 6.42 Å². The Morgan fingerprint density at radius 3 is 2.83 bits per heavy atom. The third-order valence-corrected chi connectivity index (χ3v) is 4.87. The van der Waals surface area contributed by atoms with Crippen molar-refractivity contribution in [3.05, 3.63) is 34.2 Å². The number of hydrogen-bond donors (Lipinski definition) is 1. The van der Waals surface area contributed by atoms with Crippen LogP contribution < -0.4 is 0 Å². The molecule has 0 bridgehead atoms. The second kappa shape index (κ2) is 8.47. The van der Waals surface area contributed by atoms with E-state index in [0.29, 0.717) is 18.8 Å². The van der Waals surface area contributed by atoms with E-state index in [9.17, 15) is 9.90 Å². The van der Waals surface area contributed by atoms with E-state index in [4.69, 9.17) is 9.47 Å². The van der Waals surface area contributed by atoms with Gasteiger partial charge in [-0.15, -0.1) is 11.3 Å². The van der Waals surface area contributed by atoms with Gasteiger partial charge in [0.1, 0.15) is 0 Å². The number of hydrogen-bond acceptors (Lipinski definition) is 5. The maximum absolute atomic E-state index is 12.3. The lowest BCUT2D eigenvalue weighted by atomic mass is 9.84. The standard InChI is InChI=1S/C17H25NO4S/c1-4-21-17-12(7-5-9-19)13(15-8-6-10-23-15)11-14(22-17)16(20)18(2)3/h6,8,10-13,17,19H,4-5,7,9H2,1-3H3/t12-,13+,17-/m0/s1. The molecule has 1 aliphatic rings. The number of rotatable bonds is 7. The smallest absolute Gasteiger partial charge is 0.288 e. The van der Waals surface area contributed by atoms with Crippen molar-refractivity contribution in [2.75, 3.05) is 27.3 Å². The van der Waals surface area contributed by atoms with Crippen LogP contribution in [-0.2, 0) is 14.3 Å². The maximum atomic E-state index is 12.3. The first-order chi connectivity index (χ1) is 11.1. The van der Waals surface area contributed by atoms with Crippen LogP contribution in [0, 0.1) is 5.92 Å². The van der Waals surface area contributed by atoms with E-state index in [1.54, 1.807) is 25.4 Å². The fourth-order valence-electron chi connectivity index (χ4n) is 2.79. The number of nitrogens with zero attached hydrogens (tertiary/aromatic N) is 1. The lowest BCUT2D eigenvalue weighted by Gasteiger charge is -2.36. The minimum Gasteiger partial charge on any atom is -0.459 e. The van der Waals surface area contributed by atoms with Gasteiger partial charge in [-0.2, -0.15) is 0 Å². The topological polar surface area (TPSA) is 59.0 Å². The van der Waals surface area contributed by atoms with Gasteiger partial charge in [-0.1, -0.05) is 6.07 Å². The van der Waals surface area contributed by atoms with Crippen molar-refractivity contribution in [3.63, 3.8) is 0 Å². The molecule has 0 radical (unpaired) electrons. The van der Waals surface area contributed by atoms with Gasteiger partial charge in [-0.25, -0.2) is 0 Å². The number of aliphatic hydroxyl groups excluding tert-OH is 1. The normalized spacial score (nSPS) is 24.0. The molecule has 1 aromatic heterocycles. The Labute approximate surface area is 141 Å². The van der Waals surface area contributed by atoms with Gasteiger partial charge in [0.2, 0.25) is 6.29 Å². The van der Waals surface area contributed by atoms with E-state index in [1.807, 2.05) is 24.4 Å². The van der Waals surface area contributed by atoms with Crippen LogP contribution in [0.2, 0.25) is 0 Å². The summed E-state index contributed by atoms with van der Waals surface area (Å²) in [5.41, 5.74) is 0. The molecule has 128 valence electrons. The van der Waals surface area contributed by atoms with Gasteiger partial charge >= 0.3 is 0 Å². The Morgan fingerprint density at radius 1 is 1.48 bits per heavy atom. The van der Waals surface area contributed by atoms with Crippen LogP contribution in [0.15, 0.2) is 29.3 Å². The quantitative estimate of drug-likeness (QED) is 0.829. The van der Waals surface area contributed by atoms with Crippen LogP contribution in [-0.4, -0.2) is 49.5 Å². The van der Waals surface area contributed by atoms with Crippen molar-refractivity contribution < 1.29 is 19.4 Å². The van der Waals surface area contributed by atoms with Crippen molar-refractivity contribution in [3.8, 4) is 0 Å². The van der Waals surface area contributed by atoms with Crippen molar-refractivity contribution >= 4 is 17.2 Å². The molecular weight excluding hydrogens is 314 g/mol. The van der Waals surface area contributed by atoms with Crippen LogP contribution >= 0.6 is 11.3 Å². The molecule has 1 N–H and O–H groups in total. The predicted molar refractivity (Wildman–Crippen MR) is 90.1 cm³/mol. The Bertz CT molecular complexity index is 527. The van der Waals surface area contributed by atoms with Gasteiger partial charge < -0.3 is 19.5 Å². The van der Waals surface area contributed by atoms with Crippen molar-refractivity contribution in [2.24, 2.45) is 5.92 Å². The summed E-state index contributed by atoms with van der Waals surface area (Å²) in [6.07, 6.45) is 2.90. The number of thiophene rings is 1. The molecule has 0 saturated heterocycles. The molecule has 0 aliphatic carbocycles. The van der Waals surface area contributed by atoms with Crippen molar-refractivity contribution in [1.29, 1.82) is 0 Å². The molecule has 1 aliphatic heterocycles. The molecule has 3 atom stereocenters. The number of aliphatic hydroxyl groups is 1. The average Bonchev–Trinajstić information content (AvgIpc) is 3.06. The minimum absolute atomic E-state index is 0.0609. The summed E-state index contributed by atoms with van der Waals surface area (Å²) in [6, 6.07) is 4.08. The van der Waals surface area contributed by atoms with Gasteiger partial charge in [-0.05, 0) is 37.3 Å². The van der Waals surface area contributed by atoms with Gasteiger partial charge in [0, 0.05) is 44.0 Å². The first kappa shape index (κ1) is 18.0. The van der Waals surface area contributed by atoms with Crippen molar-refractivity contribution in [1.82, 2.24) is 4.90 Å². The van der Waals surface area contributed by atoms with Crippen LogP contribution in [0.25, 0.3) is 0 Å². The Hall–Kier alpha value is -1.37. The van der Waals surface area contributed by atoms with Crippen LogP contribution in [0.5, 0.6) is 0 Å². The highest BCUT2D eigenvalue weighted by molar-refractivity contribution is 7.10. The zero-order valence-electron chi connectivity index (χ0n) is 13.9. The summed E-state index contributed by atoms with van der Waals surface area (Å²) in [4.78, 5) is 15.0. The van der Waals surface area contributed by atoms with E-state index in [1.165, 1.54) is 9.78 Å². The minimum atomic E-state index is -0.470. The zero-order chi connectivity index (χ0) is 16.8. The number of carbonyl (C=O) groups excluding carboxylic acids is 1. The van der Waals surface area contributed by atoms with Crippen LogP contribution in [0.4, 0.5) is 0 Å². The Morgan fingerprint density at radius 2 is 2.26 bits per heavy atom. The third kappa shape index (κ3) is 4.34. The van der Waals surface area contributed by atoms with E-state index in [-0.39, 0.29) is 24.3 Å². The maximum Gasteiger partial charge on any atom is 0.288 e.